The number of nitrogens with one attached hydrogen (secondary N) is 1. The largest absolute Gasteiger partial charge is 0.385 e. The molecule has 0 aliphatic carbocycles. The lowest BCUT2D eigenvalue weighted by Crippen LogP contribution is -2.50. The Labute approximate surface area is 147 Å². The van der Waals surface area contributed by atoms with E-state index in [2.05, 4.69) is 10.3 Å². The molecule has 2 rings (SSSR count). The highest BCUT2D eigenvalue weighted by Gasteiger charge is 2.23. The van der Waals surface area contributed by atoms with Crippen molar-refractivity contribution >= 4 is 17.7 Å². The lowest BCUT2D eigenvalue weighted by Gasteiger charge is -2.34. The lowest BCUT2D eigenvalue weighted by molar-refractivity contribution is -0.130. The first-order valence-corrected chi connectivity index (χ1v) is 8.31. The van der Waals surface area contributed by atoms with Crippen molar-refractivity contribution in [2.45, 2.75) is 13.3 Å². The summed E-state index contributed by atoms with van der Waals surface area (Å²) in [5.41, 5.74) is 0.638. The Morgan fingerprint density at radius 2 is 1.88 bits per heavy atom. The maximum atomic E-state index is 12.6. The Hall–Kier alpha value is -2.48. The molecule has 1 aliphatic rings. The van der Waals surface area contributed by atoms with Crippen LogP contribution >= 0.6 is 0 Å². The van der Waals surface area contributed by atoms with E-state index in [9.17, 15) is 14.4 Å². The number of pyridine rings is 1. The van der Waals surface area contributed by atoms with Crippen LogP contribution in [0.15, 0.2) is 18.3 Å². The molecule has 1 aliphatic heterocycles. The van der Waals surface area contributed by atoms with Crippen LogP contribution in [0.5, 0.6) is 0 Å². The van der Waals surface area contributed by atoms with E-state index in [1.807, 2.05) is 0 Å². The maximum Gasteiger partial charge on any atom is 0.269 e. The third kappa shape index (κ3) is 5.25. The van der Waals surface area contributed by atoms with Crippen LogP contribution in [-0.2, 0) is 9.53 Å². The Balaban J connectivity index is 1.95. The number of carbonyl (C=O) groups is 3. The zero-order chi connectivity index (χ0) is 18.2. The number of carbonyl (C=O) groups excluding carboxylic acids is 3. The molecule has 0 aromatic carbocycles. The third-order valence-electron chi connectivity index (χ3n) is 4.06. The summed E-state index contributed by atoms with van der Waals surface area (Å²) in [4.78, 5) is 43.5. The molecular formula is C17H24N4O4. The van der Waals surface area contributed by atoms with Gasteiger partial charge in [-0.15, -0.1) is 0 Å². The minimum absolute atomic E-state index is 0.0171. The summed E-state index contributed by atoms with van der Waals surface area (Å²) in [6.45, 7) is 4.60. The van der Waals surface area contributed by atoms with Crippen LogP contribution in [0, 0.1) is 0 Å². The Morgan fingerprint density at radius 1 is 1.20 bits per heavy atom. The average Bonchev–Trinajstić information content (AvgIpc) is 2.64. The topological polar surface area (TPSA) is 91.8 Å². The van der Waals surface area contributed by atoms with Gasteiger partial charge in [0.25, 0.3) is 11.8 Å². The van der Waals surface area contributed by atoms with Crippen LogP contribution in [0.2, 0.25) is 0 Å². The Kier molecular flexibility index (Phi) is 6.88. The Morgan fingerprint density at radius 3 is 2.52 bits per heavy atom. The van der Waals surface area contributed by atoms with Gasteiger partial charge in [-0.25, -0.2) is 0 Å². The number of amides is 3. The summed E-state index contributed by atoms with van der Waals surface area (Å²) in [6.07, 6.45) is 2.17. The monoisotopic (exact) mass is 348 g/mol. The molecule has 3 amide bonds. The predicted octanol–water partition coefficient (Wildman–Crippen LogP) is 0.152. The minimum Gasteiger partial charge on any atom is -0.385 e. The Bertz CT molecular complexity index is 627. The highest BCUT2D eigenvalue weighted by atomic mass is 16.5. The smallest absolute Gasteiger partial charge is 0.269 e. The molecule has 0 radical (unpaired) electrons. The summed E-state index contributed by atoms with van der Waals surface area (Å²) >= 11 is 0. The molecule has 0 saturated carbocycles. The van der Waals surface area contributed by atoms with Gasteiger partial charge in [0, 0.05) is 65.1 Å². The van der Waals surface area contributed by atoms with Crippen molar-refractivity contribution in [2.24, 2.45) is 0 Å². The van der Waals surface area contributed by atoms with Crippen molar-refractivity contribution in [3.05, 3.63) is 29.6 Å². The molecule has 136 valence electrons. The molecule has 0 spiro atoms. The number of aromatic nitrogens is 1. The van der Waals surface area contributed by atoms with Gasteiger partial charge < -0.3 is 19.9 Å². The molecule has 1 aromatic heterocycles. The predicted molar refractivity (Wildman–Crippen MR) is 91.2 cm³/mol. The molecule has 0 unspecified atom stereocenters. The second-order valence-electron chi connectivity index (χ2n) is 5.83. The number of hydrogen-bond donors (Lipinski definition) is 1. The number of rotatable bonds is 6. The molecule has 0 atom stereocenters. The second-order valence-corrected chi connectivity index (χ2v) is 5.83. The van der Waals surface area contributed by atoms with Crippen LogP contribution < -0.4 is 5.32 Å². The standard InChI is InChI=1S/C17H24N4O4/c1-13(22)20-7-9-21(10-8-20)17(24)14-4-6-18-15(12-14)16(23)19-5-3-11-25-2/h4,6,12H,3,5,7-11H2,1-2H3,(H,19,23). The fourth-order valence-electron chi connectivity index (χ4n) is 2.60. The first kappa shape index (κ1) is 18.9. The maximum absolute atomic E-state index is 12.6. The number of nitrogens with zero attached hydrogens (tertiary/aromatic N) is 3. The highest BCUT2D eigenvalue weighted by Crippen LogP contribution is 2.10. The van der Waals surface area contributed by atoms with Crippen LogP contribution in [0.3, 0.4) is 0 Å². The first-order chi connectivity index (χ1) is 12.0. The highest BCUT2D eigenvalue weighted by molar-refractivity contribution is 5.98. The van der Waals surface area contributed by atoms with Gasteiger partial charge in [0.1, 0.15) is 5.69 Å². The number of ether oxygens (including phenoxy) is 1. The molecular weight excluding hydrogens is 324 g/mol. The molecule has 1 saturated heterocycles. The molecule has 8 heteroatoms. The molecule has 8 nitrogen and oxygen atoms in total. The van der Waals surface area contributed by atoms with E-state index in [4.69, 9.17) is 4.74 Å². The van der Waals surface area contributed by atoms with Crippen LogP contribution in [-0.4, -0.2) is 78.9 Å². The summed E-state index contributed by atoms with van der Waals surface area (Å²) in [7, 11) is 1.61. The SMILES string of the molecule is COCCCNC(=O)c1cc(C(=O)N2CCN(C(C)=O)CC2)ccn1. The number of piperazine rings is 1. The van der Waals surface area contributed by atoms with E-state index < -0.39 is 0 Å². The average molecular weight is 348 g/mol. The van der Waals surface area contributed by atoms with Crippen LogP contribution in [0.25, 0.3) is 0 Å². The van der Waals surface area contributed by atoms with Gasteiger partial charge in [0.2, 0.25) is 5.91 Å². The van der Waals surface area contributed by atoms with Gasteiger partial charge in [0.15, 0.2) is 0 Å². The van der Waals surface area contributed by atoms with Crippen molar-refractivity contribution in [2.75, 3.05) is 46.4 Å². The summed E-state index contributed by atoms with van der Waals surface area (Å²) < 4.78 is 4.93. The van der Waals surface area contributed by atoms with Crippen molar-refractivity contribution in [3.63, 3.8) is 0 Å². The van der Waals surface area contributed by atoms with E-state index in [-0.39, 0.29) is 23.4 Å². The van der Waals surface area contributed by atoms with Crippen molar-refractivity contribution < 1.29 is 19.1 Å². The van der Waals surface area contributed by atoms with E-state index in [1.165, 1.54) is 19.2 Å². The first-order valence-electron chi connectivity index (χ1n) is 8.31. The van der Waals surface area contributed by atoms with Gasteiger partial charge in [0.05, 0.1) is 0 Å². The van der Waals surface area contributed by atoms with Gasteiger partial charge in [-0.1, -0.05) is 0 Å². The van der Waals surface area contributed by atoms with Gasteiger partial charge in [-0.05, 0) is 18.6 Å². The van der Waals surface area contributed by atoms with Crippen molar-refractivity contribution in [1.82, 2.24) is 20.1 Å². The summed E-state index contributed by atoms with van der Waals surface area (Å²) in [5.74, 6) is -0.449. The zero-order valence-corrected chi connectivity index (χ0v) is 14.7. The van der Waals surface area contributed by atoms with Crippen LogP contribution in [0.4, 0.5) is 0 Å². The van der Waals surface area contributed by atoms with Crippen molar-refractivity contribution in [1.29, 1.82) is 0 Å². The summed E-state index contributed by atoms with van der Waals surface area (Å²) in [6, 6.07) is 3.10. The van der Waals surface area contributed by atoms with Gasteiger partial charge in [-0.2, -0.15) is 0 Å². The van der Waals surface area contributed by atoms with Crippen molar-refractivity contribution in [3.8, 4) is 0 Å². The van der Waals surface area contributed by atoms with Crippen LogP contribution in [0.1, 0.15) is 34.2 Å². The quantitative estimate of drug-likeness (QED) is 0.739. The molecule has 1 aromatic rings. The zero-order valence-electron chi connectivity index (χ0n) is 14.7. The summed E-state index contributed by atoms with van der Waals surface area (Å²) in [5, 5.41) is 2.75. The van der Waals surface area contributed by atoms with E-state index in [0.29, 0.717) is 51.3 Å². The molecule has 1 fully saturated rings. The second kappa shape index (κ2) is 9.12. The molecule has 25 heavy (non-hydrogen) atoms. The lowest BCUT2D eigenvalue weighted by atomic mass is 10.1. The minimum atomic E-state index is -0.313. The molecule has 2 heterocycles. The fraction of sp³-hybridized carbons (Fsp3) is 0.529. The van der Waals surface area contributed by atoms with E-state index >= 15 is 0 Å². The van der Waals surface area contributed by atoms with Gasteiger partial charge in [-0.3, -0.25) is 19.4 Å². The molecule has 1 N–H and O–H groups in total. The van der Waals surface area contributed by atoms with E-state index in [0.717, 1.165) is 0 Å². The normalized spacial score (nSPS) is 14.3. The van der Waals surface area contributed by atoms with Gasteiger partial charge >= 0.3 is 0 Å². The molecule has 0 bridgehead atoms. The fourth-order valence-corrected chi connectivity index (χ4v) is 2.60. The number of methoxy groups -OCH3 is 1. The number of hydrogen-bond acceptors (Lipinski definition) is 5. The third-order valence-corrected chi connectivity index (χ3v) is 4.06. The van der Waals surface area contributed by atoms with E-state index in [1.54, 1.807) is 23.0 Å².